The van der Waals surface area contributed by atoms with E-state index >= 15 is 0 Å². The van der Waals surface area contributed by atoms with Gasteiger partial charge in [-0.25, -0.2) is 18.6 Å². The van der Waals surface area contributed by atoms with Gasteiger partial charge in [-0.1, -0.05) is 36.4 Å². The van der Waals surface area contributed by atoms with Crippen molar-refractivity contribution in [2.24, 2.45) is 0 Å². The van der Waals surface area contributed by atoms with Crippen molar-refractivity contribution in [2.75, 3.05) is 12.0 Å². The highest BCUT2D eigenvalue weighted by Gasteiger charge is 2.22. The summed E-state index contributed by atoms with van der Waals surface area (Å²) in [4.78, 5) is 29.1. The Hall–Kier alpha value is -4.02. The first-order chi connectivity index (χ1) is 20.3. The number of imidazole rings is 1. The van der Waals surface area contributed by atoms with E-state index in [0.29, 0.717) is 37.1 Å². The number of nitrogens with one attached hydrogen (secondary N) is 1. The average molecular weight is 594 g/mol. The van der Waals surface area contributed by atoms with Crippen molar-refractivity contribution in [2.45, 2.75) is 44.6 Å². The number of halogens is 2. The second-order valence-electron chi connectivity index (χ2n) is 9.87. The third-order valence-corrected chi connectivity index (χ3v) is 7.50. The lowest BCUT2D eigenvalue weighted by atomic mass is 9.96. The first kappa shape index (κ1) is 30.9. The molecule has 42 heavy (non-hydrogen) atoms. The van der Waals surface area contributed by atoms with Crippen LogP contribution in [-0.2, 0) is 35.5 Å². The van der Waals surface area contributed by atoms with Gasteiger partial charge in [0.15, 0.2) is 0 Å². The van der Waals surface area contributed by atoms with E-state index in [1.807, 2.05) is 23.1 Å². The quantitative estimate of drug-likeness (QED) is 0.180. The molecule has 0 aliphatic rings. The number of hydrogen-bond donors (Lipinski definition) is 2. The monoisotopic (exact) mass is 593 g/mol. The molecule has 0 bridgehead atoms. The van der Waals surface area contributed by atoms with Crippen LogP contribution in [-0.4, -0.2) is 44.6 Å². The summed E-state index contributed by atoms with van der Waals surface area (Å²) in [6, 6.07) is 16.7. The molecule has 4 aromatic rings. The topological polar surface area (TPSA) is 93.5 Å². The number of carboxylic acid groups (broad SMARTS) is 1. The maximum Gasteiger partial charge on any atom is 0.326 e. The smallest absolute Gasteiger partial charge is 0.326 e. The van der Waals surface area contributed by atoms with Gasteiger partial charge >= 0.3 is 5.97 Å². The molecule has 0 aliphatic carbocycles. The summed E-state index contributed by atoms with van der Waals surface area (Å²) in [6.07, 6.45) is 8.01. The van der Waals surface area contributed by atoms with Crippen molar-refractivity contribution in [1.29, 1.82) is 0 Å². The van der Waals surface area contributed by atoms with Crippen LogP contribution in [0.25, 0.3) is 0 Å². The number of aromatic nitrogens is 2. The highest BCUT2D eigenvalue weighted by atomic mass is 32.2. The van der Waals surface area contributed by atoms with Gasteiger partial charge in [-0.15, -0.1) is 0 Å². The number of amides is 1. The fourth-order valence-electron chi connectivity index (χ4n) is 4.54. The molecule has 1 aromatic heterocycles. The molecule has 0 spiro atoms. The molecule has 0 radical (unpaired) electrons. The predicted molar refractivity (Wildman–Crippen MR) is 158 cm³/mol. The molecular weight excluding hydrogens is 560 g/mol. The molecule has 220 valence electrons. The zero-order chi connectivity index (χ0) is 29.9. The van der Waals surface area contributed by atoms with Gasteiger partial charge in [-0.05, 0) is 83.9 Å². The van der Waals surface area contributed by atoms with Crippen molar-refractivity contribution in [3.8, 4) is 0 Å². The molecule has 4 rings (SSSR count). The summed E-state index contributed by atoms with van der Waals surface area (Å²) in [6.45, 7) is 0.684. The van der Waals surface area contributed by atoms with Crippen molar-refractivity contribution < 1.29 is 28.2 Å². The number of ether oxygens (including phenoxy) is 1. The zero-order valence-electron chi connectivity index (χ0n) is 23.2. The summed E-state index contributed by atoms with van der Waals surface area (Å²) in [5.41, 5.74) is 3.63. The van der Waals surface area contributed by atoms with Gasteiger partial charge in [0, 0.05) is 18.0 Å². The predicted octanol–water partition coefficient (Wildman–Crippen LogP) is 5.84. The van der Waals surface area contributed by atoms with E-state index < -0.39 is 24.0 Å². The molecule has 10 heteroatoms. The standard InChI is InChI=1S/C32H33F2N3O4S/c1-42-17-14-29(32(39)40)36-31(38)28-13-5-23(18-25(28)6-2-22-3-9-26(33)10-4-22)20-41-30(19-37-16-15-35-21-37)24-7-11-27(34)12-8-24/h3-5,7-13,15-16,18,21,29-30H,2,6,14,17,19-20H2,1H3,(H,36,38)(H,39,40)/t29-,30?/m0/s1. The number of hydrogen-bond acceptors (Lipinski definition) is 5. The molecule has 0 saturated carbocycles. The van der Waals surface area contributed by atoms with Crippen molar-refractivity contribution in [1.82, 2.24) is 14.9 Å². The Morgan fingerprint density at radius 1 is 1.00 bits per heavy atom. The van der Waals surface area contributed by atoms with Crippen LogP contribution in [0, 0.1) is 11.6 Å². The summed E-state index contributed by atoms with van der Waals surface area (Å²) in [5, 5.41) is 12.3. The van der Waals surface area contributed by atoms with Gasteiger partial charge in [0.05, 0.1) is 19.5 Å². The fraction of sp³-hybridized carbons (Fsp3) is 0.281. The molecular formula is C32H33F2N3O4S. The summed E-state index contributed by atoms with van der Waals surface area (Å²) < 4.78 is 35.2. The maximum absolute atomic E-state index is 13.6. The Kier molecular flexibility index (Phi) is 11.2. The van der Waals surface area contributed by atoms with Crippen LogP contribution in [0.15, 0.2) is 85.5 Å². The lowest BCUT2D eigenvalue weighted by molar-refractivity contribution is -0.139. The van der Waals surface area contributed by atoms with Crippen molar-refractivity contribution >= 4 is 23.6 Å². The van der Waals surface area contributed by atoms with Crippen LogP contribution in [0.3, 0.4) is 0 Å². The Balaban J connectivity index is 1.55. The molecule has 0 saturated heterocycles. The average Bonchev–Trinajstić information content (AvgIpc) is 3.50. The Bertz CT molecular complexity index is 1450. The number of carboxylic acids is 1. The molecule has 1 amide bonds. The number of nitrogens with zero attached hydrogens (tertiary/aromatic N) is 2. The van der Waals surface area contributed by atoms with E-state index in [0.717, 1.165) is 22.3 Å². The summed E-state index contributed by atoms with van der Waals surface area (Å²) in [5.74, 6) is -1.61. The largest absolute Gasteiger partial charge is 0.480 e. The fourth-order valence-corrected chi connectivity index (χ4v) is 5.01. The number of benzene rings is 3. The van der Waals surface area contributed by atoms with E-state index in [1.165, 1.54) is 36.0 Å². The number of aliphatic carboxylic acids is 1. The number of carbonyl (C=O) groups excluding carboxylic acids is 1. The molecule has 2 N–H and O–H groups in total. The van der Waals surface area contributed by atoms with Gasteiger partial charge in [-0.3, -0.25) is 4.79 Å². The first-order valence-corrected chi connectivity index (χ1v) is 14.9. The number of thioether (sulfide) groups is 1. The van der Waals surface area contributed by atoms with Crippen molar-refractivity contribution in [3.05, 3.63) is 125 Å². The zero-order valence-corrected chi connectivity index (χ0v) is 24.0. The van der Waals surface area contributed by atoms with Crippen LogP contribution in [0.4, 0.5) is 8.78 Å². The van der Waals surface area contributed by atoms with Crippen molar-refractivity contribution in [3.63, 3.8) is 0 Å². The van der Waals surface area contributed by atoms with E-state index in [1.54, 1.807) is 48.9 Å². The maximum atomic E-state index is 13.6. The normalized spacial score (nSPS) is 12.5. The molecule has 0 aliphatic heterocycles. The Morgan fingerprint density at radius 3 is 2.33 bits per heavy atom. The molecule has 3 aromatic carbocycles. The third kappa shape index (κ3) is 8.99. The van der Waals surface area contributed by atoms with Gasteiger partial charge < -0.3 is 19.7 Å². The molecule has 0 fully saturated rings. The lowest BCUT2D eigenvalue weighted by Crippen LogP contribution is -2.41. The van der Waals surface area contributed by atoms with E-state index in [4.69, 9.17) is 4.74 Å². The Morgan fingerprint density at radius 2 is 1.69 bits per heavy atom. The second kappa shape index (κ2) is 15.3. The Labute approximate surface area is 247 Å². The SMILES string of the molecule is CSCC[C@H](NC(=O)c1ccc(COC(Cn2ccnc2)c2ccc(F)cc2)cc1CCc1ccc(F)cc1)C(=O)O. The molecule has 2 atom stereocenters. The molecule has 1 unspecified atom stereocenters. The van der Waals surface area contributed by atoms with Gasteiger partial charge in [0.1, 0.15) is 23.8 Å². The van der Waals surface area contributed by atoms with E-state index in [-0.39, 0.29) is 18.2 Å². The minimum absolute atomic E-state index is 0.216. The second-order valence-corrected chi connectivity index (χ2v) is 10.9. The van der Waals surface area contributed by atoms with Crippen LogP contribution < -0.4 is 5.32 Å². The van der Waals surface area contributed by atoms with Gasteiger partial charge in [0.25, 0.3) is 5.91 Å². The highest BCUT2D eigenvalue weighted by Crippen LogP contribution is 2.24. The molecule has 7 nitrogen and oxygen atoms in total. The van der Waals surface area contributed by atoms with Crippen LogP contribution in [0.2, 0.25) is 0 Å². The van der Waals surface area contributed by atoms with Crippen LogP contribution >= 0.6 is 11.8 Å². The highest BCUT2D eigenvalue weighted by molar-refractivity contribution is 7.98. The van der Waals surface area contributed by atoms with Gasteiger partial charge in [0.2, 0.25) is 0 Å². The van der Waals surface area contributed by atoms with E-state index in [2.05, 4.69) is 10.3 Å². The third-order valence-electron chi connectivity index (χ3n) is 6.85. The molecule has 1 heterocycles. The number of rotatable bonds is 15. The minimum Gasteiger partial charge on any atom is -0.480 e. The van der Waals surface area contributed by atoms with E-state index in [9.17, 15) is 23.5 Å². The summed E-state index contributed by atoms with van der Waals surface area (Å²) in [7, 11) is 0. The minimum atomic E-state index is -1.08. The van der Waals surface area contributed by atoms with Gasteiger partial charge in [-0.2, -0.15) is 11.8 Å². The lowest BCUT2D eigenvalue weighted by Gasteiger charge is -2.20. The first-order valence-electron chi connectivity index (χ1n) is 13.5. The number of aryl methyl sites for hydroxylation is 2. The van der Waals surface area contributed by atoms with Crippen LogP contribution in [0.1, 0.15) is 45.1 Å². The summed E-state index contributed by atoms with van der Waals surface area (Å²) >= 11 is 1.51. The number of carbonyl (C=O) groups is 2. The van der Waals surface area contributed by atoms with Crippen LogP contribution in [0.5, 0.6) is 0 Å².